The Morgan fingerprint density at radius 2 is 1.77 bits per heavy atom. The van der Waals surface area contributed by atoms with Crippen LogP contribution in [0.25, 0.3) is 0 Å². The van der Waals surface area contributed by atoms with Gasteiger partial charge in [0.05, 0.1) is 0 Å². The molecular formula is C23H40N4O3. The van der Waals surface area contributed by atoms with Crippen LogP contribution in [0.2, 0.25) is 0 Å². The molecule has 1 spiro atoms. The molecule has 0 radical (unpaired) electrons. The number of nitrogens with one attached hydrogen (secondary N) is 2. The molecule has 1 aliphatic carbocycles. The van der Waals surface area contributed by atoms with Crippen molar-refractivity contribution < 1.29 is 14.4 Å². The Morgan fingerprint density at radius 1 is 1.13 bits per heavy atom. The number of imide groups is 1. The fourth-order valence-electron chi connectivity index (χ4n) is 5.37. The largest absolute Gasteiger partial charge is 0.352 e. The van der Waals surface area contributed by atoms with Crippen molar-refractivity contribution in [3.8, 4) is 0 Å². The summed E-state index contributed by atoms with van der Waals surface area (Å²) in [5.74, 6) is 0.118. The molecule has 0 atom stereocenters. The second kappa shape index (κ2) is 9.25. The molecule has 3 aliphatic rings. The van der Waals surface area contributed by atoms with Crippen LogP contribution >= 0.6 is 0 Å². The second-order valence-corrected chi connectivity index (χ2v) is 10.2. The van der Waals surface area contributed by atoms with Gasteiger partial charge in [0.2, 0.25) is 5.91 Å². The number of likely N-dealkylation sites (tertiary alicyclic amines) is 1. The number of hydrogen-bond acceptors (Lipinski definition) is 4. The van der Waals surface area contributed by atoms with Crippen molar-refractivity contribution in [2.75, 3.05) is 26.2 Å². The summed E-state index contributed by atoms with van der Waals surface area (Å²) < 4.78 is 0. The van der Waals surface area contributed by atoms with Gasteiger partial charge in [-0.05, 0) is 62.8 Å². The summed E-state index contributed by atoms with van der Waals surface area (Å²) in [7, 11) is 0. The monoisotopic (exact) mass is 420 g/mol. The van der Waals surface area contributed by atoms with Crippen LogP contribution in [0.5, 0.6) is 0 Å². The summed E-state index contributed by atoms with van der Waals surface area (Å²) in [5.41, 5.74) is -0.553. The molecule has 1 saturated carbocycles. The van der Waals surface area contributed by atoms with E-state index in [1.165, 1.54) is 0 Å². The molecule has 0 bridgehead atoms. The highest BCUT2D eigenvalue weighted by atomic mass is 16.2. The summed E-state index contributed by atoms with van der Waals surface area (Å²) in [6, 6.07) is -0.284. The van der Waals surface area contributed by atoms with Crippen LogP contribution in [-0.4, -0.2) is 65.4 Å². The van der Waals surface area contributed by atoms with Crippen LogP contribution in [0, 0.1) is 11.3 Å². The first-order valence-corrected chi connectivity index (χ1v) is 11.9. The summed E-state index contributed by atoms with van der Waals surface area (Å²) in [5, 5.41) is 5.97. The molecule has 2 heterocycles. The fraction of sp³-hybridized carbons (Fsp3) is 0.870. The van der Waals surface area contributed by atoms with Crippen molar-refractivity contribution in [1.82, 2.24) is 20.4 Å². The van der Waals surface area contributed by atoms with E-state index in [2.05, 4.69) is 43.2 Å². The second-order valence-electron chi connectivity index (χ2n) is 10.2. The standard InChI is InChI=1S/C23H40N4O3/c1-5-13-26-14-9-18(10-15-26)24-19(28)16-27-20(29)23(25-21(27)30)11-7-17(8-12-23)22(3,4)6-2/h17-18H,5-16H2,1-4H3,(H,24,28)(H,25,30). The molecule has 0 aromatic rings. The molecule has 3 rings (SSSR count). The van der Waals surface area contributed by atoms with E-state index in [4.69, 9.17) is 0 Å². The van der Waals surface area contributed by atoms with Gasteiger partial charge in [0.1, 0.15) is 12.1 Å². The Labute approximate surface area is 181 Å². The zero-order valence-electron chi connectivity index (χ0n) is 19.3. The zero-order chi connectivity index (χ0) is 21.9. The number of piperidine rings is 1. The third-order valence-corrected chi connectivity index (χ3v) is 7.90. The van der Waals surface area contributed by atoms with Gasteiger partial charge in [-0.15, -0.1) is 0 Å². The Balaban J connectivity index is 1.51. The lowest BCUT2D eigenvalue weighted by atomic mass is 9.65. The number of carbonyl (C=O) groups excluding carboxylic acids is 3. The summed E-state index contributed by atoms with van der Waals surface area (Å²) >= 11 is 0. The quantitative estimate of drug-likeness (QED) is 0.621. The molecule has 0 aromatic heterocycles. The zero-order valence-corrected chi connectivity index (χ0v) is 19.3. The Hall–Kier alpha value is -1.63. The first-order chi connectivity index (χ1) is 14.2. The van der Waals surface area contributed by atoms with E-state index >= 15 is 0 Å². The van der Waals surface area contributed by atoms with Gasteiger partial charge in [-0.25, -0.2) is 4.79 Å². The predicted octanol–water partition coefficient (Wildman–Crippen LogP) is 2.89. The smallest absolute Gasteiger partial charge is 0.325 e. The highest BCUT2D eigenvalue weighted by molar-refractivity contribution is 6.09. The number of nitrogens with zero attached hydrogens (tertiary/aromatic N) is 2. The van der Waals surface area contributed by atoms with Crippen LogP contribution < -0.4 is 10.6 Å². The Bertz CT molecular complexity index is 647. The van der Waals surface area contributed by atoms with Crippen molar-refractivity contribution >= 4 is 17.8 Å². The van der Waals surface area contributed by atoms with Gasteiger partial charge in [-0.3, -0.25) is 14.5 Å². The van der Waals surface area contributed by atoms with Gasteiger partial charge >= 0.3 is 6.03 Å². The molecule has 2 aliphatic heterocycles. The van der Waals surface area contributed by atoms with Gasteiger partial charge in [-0.1, -0.05) is 34.1 Å². The number of amides is 4. The van der Waals surface area contributed by atoms with Crippen LogP contribution in [0.1, 0.15) is 79.1 Å². The summed E-state index contributed by atoms with van der Waals surface area (Å²) in [6.45, 7) is 11.9. The molecule has 7 heteroatoms. The molecule has 3 fully saturated rings. The van der Waals surface area contributed by atoms with E-state index in [1.807, 2.05) is 0 Å². The van der Waals surface area contributed by atoms with E-state index in [9.17, 15) is 14.4 Å². The lowest BCUT2D eigenvalue weighted by molar-refractivity contribution is -0.136. The van der Waals surface area contributed by atoms with Gasteiger partial charge in [0, 0.05) is 19.1 Å². The molecule has 170 valence electrons. The molecule has 7 nitrogen and oxygen atoms in total. The molecule has 30 heavy (non-hydrogen) atoms. The van der Waals surface area contributed by atoms with Gasteiger partial charge in [0.15, 0.2) is 0 Å². The van der Waals surface area contributed by atoms with Gasteiger partial charge in [-0.2, -0.15) is 0 Å². The lowest BCUT2D eigenvalue weighted by Crippen LogP contribution is -2.51. The molecule has 2 saturated heterocycles. The van der Waals surface area contributed by atoms with Crippen molar-refractivity contribution in [2.24, 2.45) is 11.3 Å². The lowest BCUT2D eigenvalue weighted by Gasteiger charge is -2.42. The maximum absolute atomic E-state index is 13.1. The highest BCUT2D eigenvalue weighted by Crippen LogP contribution is 2.45. The first kappa shape index (κ1) is 23.0. The van der Waals surface area contributed by atoms with Crippen molar-refractivity contribution in [3.05, 3.63) is 0 Å². The normalized spacial score (nSPS) is 28.8. The SMILES string of the molecule is CCCN1CCC(NC(=O)CN2C(=O)NC3(CCC(C(C)(C)CC)CC3)C2=O)CC1. The van der Waals surface area contributed by atoms with Crippen LogP contribution in [0.3, 0.4) is 0 Å². The van der Waals surface area contributed by atoms with Crippen LogP contribution in [0.15, 0.2) is 0 Å². The Kier molecular flexibility index (Phi) is 7.10. The van der Waals surface area contributed by atoms with Gasteiger partial charge in [0.25, 0.3) is 5.91 Å². The van der Waals surface area contributed by atoms with Crippen molar-refractivity contribution in [1.29, 1.82) is 0 Å². The van der Waals surface area contributed by atoms with Gasteiger partial charge < -0.3 is 15.5 Å². The molecule has 0 unspecified atom stereocenters. The van der Waals surface area contributed by atoms with E-state index in [0.717, 1.165) is 63.1 Å². The number of urea groups is 1. The maximum atomic E-state index is 13.1. The highest BCUT2D eigenvalue weighted by Gasteiger charge is 2.53. The third kappa shape index (κ3) is 4.82. The summed E-state index contributed by atoms with van der Waals surface area (Å²) in [4.78, 5) is 41.8. The van der Waals surface area contributed by atoms with Crippen LogP contribution in [0.4, 0.5) is 4.79 Å². The minimum absolute atomic E-state index is 0.132. The topological polar surface area (TPSA) is 81.8 Å². The third-order valence-electron chi connectivity index (χ3n) is 7.90. The van der Waals surface area contributed by atoms with E-state index in [0.29, 0.717) is 18.8 Å². The molecular weight excluding hydrogens is 380 g/mol. The molecule has 0 aromatic carbocycles. The average molecular weight is 421 g/mol. The number of carbonyl (C=O) groups is 3. The van der Waals surface area contributed by atoms with E-state index in [1.54, 1.807) is 0 Å². The maximum Gasteiger partial charge on any atom is 0.325 e. The molecule has 4 amide bonds. The minimum Gasteiger partial charge on any atom is -0.352 e. The van der Waals surface area contributed by atoms with E-state index in [-0.39, 0.29) is 29.8 Å². The first-order valence-electron chi connectivity index (χ1n) is 11.9. The predicted molar refractivity (Wildman–Crippen MR) is 117 cm³/mol. The van der Waals surface area contributed by atoms with E-state index < -0.39 is 11.6 Å². The molecule has 2 N–H and O–H groups in total. The minimum atomic E-state index is -0.802. The van der Waals surface area contributed by atoms with Crippen molar-refractivity contribution in [3.63, 3.8) is 0 Å². The fourth-order valence-corrected chi connectivity index (χ4v) is 5.37. The number of rotatable bonds is 7. The average Bonchev–Trinajstić information content (AvgIpc) is 2.94. The number of hydrogen-bond donors (Lipinski definition) is 2. The van der Waals surface area contributed by atoms with Crippen LogP contribution in [-0.2, 0) is 9.59 Å². The Morgan fingerprint density at radius 3 is 2.33 bits per heavy atom. The van der Waals surface area contributed by atoms with Crippen molar-refractivity contribution in [2.45, 2.75) is 90.6 Å². The summed E-state index contributed by atoms with van der Waals surface area (Å²) in [6.07, 6.45) is 7.29.